The van der Waals surface area contributed by atoms with Crippen molar-refractivity contribution in [3.63, 3.8) is 0 Å². The number of allylic oxidation sites excluding steroid dienone is 2. The minimum Gasteiger partial charge on any atom is -0.468 e. The largest absolute Gasteiger partial charge is 0.468 e. The third kappa shape index (κ3) is 3.51. The minimum atomic E-state index is -0.232. The summed E-state index contributed by atoms with van der Waals surface area (Å²) in [5.74, 6) is 1.66. The molecule has 0 spiro atoms. The number of nitrogens with one attached hydrogen (secondary N) is 1. The van der Waals surface area contributed by atoms with Gasteiger partial charge in [0, 0.05) is 22.4 Å². The van der Waals surface area contributed by atoms with Crippen LogP contribution in [0.25, 0.3) is 0 Å². The van der Waals surface area contributed by atoms with Crippen LogP contribution in [-0.4, -0.2) is 36.1 Å². The molecule has 5 aliphatic carbocycles. The van der Waals surface area contributed by atoms with Crippen molar-refractivity contribution >= 4 is 11.8 Å². The van der Waals surface area contributed by atoms with E-state index < -0.39 is 0 Å². The predicted octanol–water partition coefficient (Wildman–Crippen LogP) is 6.18. The molecule has 6 heteroatoms. The van der Waals surface area contributed by atoms with Gasteiger partial charge in [-0.3, -0.25) is 9.59 Å². The summed E-state index contributed by atoms with van der Waals surface area (Å²) in [6.45, 7) is 16.9. The molecule has 1 aromatic heterocycles. The highest BCUT2D eigenvalue weighted by molar-refractivity contribution is 5.95. The summed E-state index contributed by atoms with van der Waals surface area (Å²) >= 11 is 0. The molecule has 1 N–H and O–H groups in total. The molecule has 3 fully saturated rings. The zero-order valence-corrected chi connectivity index (χ0v) is 25.3. The monoisotopic (exact) mass is 536 g/mol. The molecule has 0 aliphatic heterocycles. The minimum absolute atomic E-state index is 0.0485. The fraction of sp³-hybridized carbons (Fsp3) is 0.788. The van der Waals surface area contributed by atoms with Gasteiger partial charge in [0.1, 0.15) is 5.76 Å². The third-order valence-corrected chi connectivity index (χ3v) is 13.1. The second-order valence-electron chi connectivity index (χ2n) is 15.8. The topological polar surface area (TPSA) is 81.4 Å². The molecular weight excluding hydrogens is 488 g/mol. The Bertz CT molecular complexity index is 1240. The third-order valence-electron chi connectivity index (χ3n) is 13.1. The normalized spacial score (nSPS) is 43.6. The van der Waals surface area contributed by atoms with Gasteiger partial charge in [-0.05, 0) is 90.9 Å². The maximum Gasteiger partial charge on any atom is 0.319 e. The lowest BCUT2D eigenvalue weighted by Gasteiger charge is -2.69. The second-order valence-corrected chi connectivity index (χ2v) is 15.8. The first kappa shape index (κ1) is 27.2. The lowest BCUT2D eigenvalue weighted by atomic mass is 9.34. The van der Waals surface area contributed by atoms with Crippen LogP contribution < -0.4 is 5.32 Å². The summed E-state index contributed by atoms with van der Waals surface area (Å²) in [5, 5.41) is 7.89. The summed E-state index contributed by atoms with van der Waals surface area (Å²) in [6, 6.07) is 0. The molecule has 1 heterocycles. The lowest BCUT2D eigenvalue weighted by Crippen LogP contribution is -2.69. The number of hydrogen-bond acceptors (Lipinski definition) is 6. The van der Waals surface area contributed by atoms with Crippen molar-refractivity contribution in [3.05, 3.63) is 29.2 Å². The SMILES string of the molecule is COC(=O)CN[C@]12CCC(C)(C)C[C@H]1[C@H]1C(=O)C=C3[C@@]4(C)Cc5cnoc5C(C)(C)[C@@H]4CC[C@@]3(C)[C@]1(C)CC2. The Hall–Kier alpha value is -1.95. The molecule has 5 aliphatic rings. The second kappa shape index (κ2) is 8.30. The van der Waals surface area contributed by atoms with Crippen molar-refractivity contribution in [1.29, 1.82) is 0 Å². The smallest absolute Gasteiger partial charge is 0.319 e. The number of ketones is 1. The van der Waals surface area contributed by atoms with Crippen LogP contribution in [-0.2, 0) is 26.2 Å². The van der Waals surface area contributed by atoms with Crippen LogP contribution >= 0.6 is 0 Å². The van der Waals surface area contributed by atoms with Gasteiger partial charge in [-0.25, -0.2) is 0 Å². The molecule has 0 saturated heterocycles. The Morgan fingerprint density at radius 2 is 1.79 bits per heavy atom. The fourth-order valence-electron chi connectivity index (χ4n) is 10.9. The molecule has 0 radical (unpaired) electrons. The van der Waals surface area contributed by atoms with Gasteiger partial charge < -0.3 is 14.6 Å². The van der Waals surface area contributed by atoms with E-state index in [1.54, 1.807) is 0 Å². The van der Waals surface area contributed by atoms with Gasteiger partial charge >= 0.3 is 5.97 Å². The van der Waals surface area contributed by atoms with E-state index in [0.29, 0.717) is 11.7 Å². The molecule has 0 bridgehead atoms. The molecule has 3 saturated carbocycles. The highest BCUT2D eigenvalue weighted by atomic mass is 16.5. The molecule has 0 amide bonds. The molecule has 0 unspecified atom stereocenters. The number of methoxy groups -OCH3 is 1. The van der Waals surface area contributed by atoms with Crippen LogP contribution in [0.15, 0.2) is 22.4 Å². The number of esters is 1. The summed E-state index contributed by atoms with van der Waals surface area (Å²) in [5.41, 5.74) is 2.12. The molecule has 6 rings (SSSR count). The molecule has 7 atom stereocenters. The van der Waals surface area contributed by atoms with E-state index >= 15 is 0 Å². The highest BCUT2D eigenvalue weighted by Gasteiger charge is 2.70. The molecule has 39 heavy (non-hydrogen) atoms. The van der Waals surface area contributed by atoms with Crippen molar-refractivity contribution in [2.45, 2.75) is 111 Å². The standard InChI is InChI=1S/C33H48N2O4/c1-28(2)11-13-33(34-19-25(37)38-8)14-12-32(7)26(21(33)17-28)22(36)15-24-30(5)16-20-18-35-39-27(20)29(3,4)23(30)9-10-31(24,32)6/h15,18,21,23,26,34H,9-14,16-17,19H2,1-8H3/t21-,23-,26-,30-,31+,32+,33-/m0/s1. The maximum absolute atomic E-state index is 14.6. The van der Waals surface area contributed by atoms with E-state index in [1.807, 2.05) is 6.20 Å². The molecule has 214 valence electrons. The Morgan fingerprint density at radius 3 is 2.51 bits per heavy atom. The first-order valence-corrected chi connectivity index (χ1v) is 15.2. The number of fused-ring (bicyclic) bond motifs is 8. The van der Waals surface area contributed by atoms with Crippen LogP contribution in [0, 0.1) is 39.4 Å². The Kier molecular flexibility index (Phi) is 5.79. The summed E-state index contributed by atoms with van der Waals surface area (Å²) in [7, 11) is 1.45. The summed E-state index contributed by atoms with van der Waals surface area (Å²) in [6.07, 6.45) is 12.2. The van der Waals surface area contributed by atoms with Crippen LogP contribution in [0.5, 0.6) is 0 Å². The van der Waals surface area contributed by atoms with Crippen molar-refractivity contribution in [3.8, 4) is 0 Å². The van der Waals surface area contributed by atoms with Gasteiger partial charge in [-0.1, -0.05) is 59.2 Å². The van der Waals surface area contributed by atoms with Gasteiger partial charge in [-0.2, -0.15) is 0 Å². The average molecular weight is 537 g/mol. The van der Waals surface area contributed by atoms with E-state index in [9.17, 15) is 9.59 Å². The maximum atomic E-state index is 14.6. The Morgan fingerprint density at radius 1 is 1.08 bits per heavy atom. The first-order chi connectivity index (χ1) is 18.1. The van der Waals surface area contributed by atoms with E-state index in [2.05, 4.69) is 65.0 Å². The van der Waals surface area contributed by atoms with Crippen molar-refractivity contribution in [2.24, 2.45) is 39.4 Å². The molecule has 6 nitrogen and oxygen atoms in total. The number of rotatable bonds is 3. The van der Waals surface area contributed by atoms with E-state index in [0.717, 1.165) is 57.1 Å². The van der Waals surface area contributed by atoms with E-state index in [-0.39, 0.29) is 57.0 Å². The Labute approximate surface area is 234 Å². The van der Waals surface area contributed by atoms with E-state index in [4.69, 9.17) is 9.26 Å². The van der Waals surface area contributed by atoms with Crippen molar-refractivity contribution in [1.82, 2.24) is 10.5 Å². The summed E-state index contributed by atoms with van der Waals surface area (Å²) in [4.78, 5) is 26.8. The van der Waals surface area contributed by atoms with Gasteiger partial charge in [0.25, 0.3) is 0 Å². The van der Waals surface area contributed by atoms with Gasteiger partial charge in [0.2, 0.25) is 0 Å². The highest BCUT2D eigenvalue weighted by Crippen LogP contribution is 2.73. The molecular formula is C33H48N2O4. The zero-order valence-electron chi connectivity index (χ0n) is 25.3. The van der Waals surface area contributed by atoms with Crippen LogP contribution in [0.2, 0.25) is 0 Å². The summed E-state index contributed by atoms with van der Waals surface area (Å²) < 4.78 is 10.8. The number of aromatic nitrogens is 1. The number of carbonyl (C=O) groups is 2. The first-order valence-electron chi connectivity index (χ1n) is 15.2. The van der Waals surface area contributed by atoms with Crippen molar-refractivity contribution < 1.29 is 18.8 Å². The number of ether oxygens (including phenoxy) is 1. The van der Waals surface area contributed by atoms with Crippen LogP contribution in [0.3, 0.4) is 0 Å². The van der Waals surface area contributed by atoms with Gasteiger partial charge in [0.05, 0.1) is 19.9 Å². The van der Waals surface area contributed by atoms with Crippen LogP contribution in [0.1, 0.15) is 105 Å². The van der Waals surface area contributed by atoms with Crippen LogP contribution in [0.4, 0.5) is 0 Å². The van der Waals surface area contributed by atoms with E-state index in [1.165, 1.54) is 18.2 Å². The average Bonchev–Trinajstić information content (AvgIpc) is 3.33. The van der Waals surface area contributed by atoms with Crippen molar-refractivity contribution in [2.75, 3.05) is 13.7 Å². The lowest BCUT2D eigenvalue weighted by molar-refractivity contribution is -0.162. The molecule has 0 aromatic carbocycles. The van der Waals surface area contributed by atoms with Gasteiger partial charge in [-0.15, -0.1) is 0 Å². The number of nitrogens with zero attached hydrogens (tertiary/aromatic N) is 1. The fourth-order valence-corrected chi connectivity index (χ4v) is 10.9. The number of hydrogen-bond donors (Lipinski definition) is 1. The quantitative estimate of drug-likeness (QED) is 0.464. The molecule has 1 aromatic rings. The van der Waals surface area contributed by atoms with Gasteiger partial charge in [0.15, 0.2) is 5.78 Å². The zero-order chi connectivity index (χ0) is 28.2. The predicted molar refractivity (Wildman–Crippen MR) is 150 cm³/mol. The Balaban J connectivity index is 1.45. The number of carbonyl (C=O) groups excluding carboxylic acids is 2.